The molecule has 1 aromatic carbocycles. The number of hydrogen-bond acceptors (Lipinski definition) is 6. The summed E-state index contributed by atoms with van der Waals surface area (Å²) in [4.78, 5) is 28.8. The van der Waals surface area contributed by atoms with Gasteiger partial charge in [0.15, 0.2) is 17.6 Å². The molecule has 25 heavy (non-hydrogen) atoms. The fraction of sp³-hybridized carbons (Fsp3) is 0.389. The van der Waals surface area contributed by atoms with E-state index >= 15 is 0 Å². The molecule has 0 bridgehead atoms. The van der Waals surface area contributed by atoms with Crippen molar-refractivity contribution in [2.24, 2.45) is 0 Å². The molecule has 1 fully saturated rings. The SMILES string of the molecule is COC(=O)C(NC(=O)c1coc(C2CCNCC2)n1)c1ccccc1. The Hall–Kier alpha value is -2.67. The van der Waals surface area contributed by atoms with Gasteiger partial charge in [-0.15, -0.1) is 0 Å². The van der Waals surface area contributed by atoms with Crippen LogP contribution in [0.15, 0.2) is 41.0 Å². The van der Waals surface area contributed by atoms with E-state index in [0.29, 0.717) is 11.5 Å². The van der Waals surface area contributed by atoms with Gasteiger partial charge in [0.1, 0.15) is 6.26 Å². The van der Waals surface area contributed by atoms with E-state index in [-0.39, 0.29) is 11.6 Å². The van der Waals surface area contributed by atoms with E-state index in [2.05, 4.69) is 15.6 Å². The third-order valence-electron chi connectivity index (χ3n) is 4.29. The van der Waals surface area contributed by atoms with Crippen LogP contribution >= 0.6 is 0 Å². The summed E-state index contributed by atoms with van der Waals surface area (Å²) in [6, 6.07) is 8.04. The molecule has 1 atom stereocenters. The Bertz CT molecular complexity index is 723. The van der Waals surface area contributed by atoms with Gasteiger partial charge in [-0.1, -0.05) is 30.3 Å². The van der Waals surface area contributed by atoms with Crippen LogP contribution in [-0.2, 0) is 9.53 Å². The highest BCUT2D eigenvalue weighted by molar-refractivity contribution is 5.95. The van der Waals surface area contributed by atoms with E-state index in [1.807, 2.05) is 6.07 Å². The molecule has 1 amide bonds. The Morgan fingerprint density at radius 3 is 2.68 bits per heavy atom. The molecule has 2 heterocycles. The number of oxazole rings is 1. The molecular weight excluding hydrogens is 322 g/mol. The largest absolute Gasteiger partial charge is 0.467 e. The third kappa shape index (κ3) is 4.06. The number of benzene rings is 1. The van der Waals surface area contributed by atoms with Crippen molar-refractivity contribution < 1.29 is 18.7 Å². The minimum absolute atomic E-state index is 0.165. The zero-order chi connectivity index (χ0) is 17.6. The van der Waals surface area contributed by atoms with Crippen LogP contribution in [0.5, 0.6) is 0 Å². The number of carbonyl (C=O) groups excluding carboxylic acids is 2. The molecule has 7 nitrogen and oxygen atoms in total. The normalized spacial score (nSPS) is 16.2. The average Bonchev–Trinajstić information content (AvgIpc) is 3.17. The van der Waals surface area contributed by atoms with Crippen LogP contribution in [0.25, 0.3) is 0 Å². The van der Waals surface area contributed by atoms with E-state index in [4.69, 9.17) is 9.15 Å². The van der Waals surface area contributed by atoms with E-state index in [1.54, 1.807) is 24.3 Å². The predicted octanol–water partition coefficient (Wildman–Crippen LogP) is 1.79. The molecule has 2 N–H and O–H groups in total. The average molecular weight is 343 g/mol. The van der Waals surface area contributed by atoms with Gasteiger partial charge in [-0.2, -0.15) is 0 Å². The van der Waals surface area contributed by atoms with Crippen LogP contribution in [0.1, 0.15) is 46.7 Å². The molecule has 0 saturated carbocycles. The highest BCUT2D eigenvalue weighted by atomic mass is 16.5. The third-order valence-corrected chi connectivity index (χ3v) is 4.29. The molecule has 132 valence electrons. The number of nitrogens with zero attached hydrogens (tertiary/aromatic N) is 1. The van der Waals surface area contributed by atoms with Crippen LogP contribution in [0, 0.1) is 0 Å². The van der Waals surface area contributed by atoms with Crippen molar-refractivity contribution in [1.82, 2.24) is 15.6 Å². The molecule has 1 aliphatic rings. The monoisotopic (exact) mass is 343 g/mol. The van der Waals surface area contributed by atoms with Gasteiger partial charge in [-0.3, -0.25) is 4.79 Å². The first-order valence-corrected chi connectivity index (χ1v) is 8.29. The maximum atomic E-state index is 12.5. The molecule has 1 aromatic heterocycles. The number of esters is 1. The van der Waals surface area contributed by atoms with Gasteiger partial charge >= 0.3 is 5.97 Å². The second-order valence-corrected chi connectivity index (χ2v) is 5.94. The summed E-state index contributed by atoms with van der Waals surface area (Å²) in [5, 5.41) is 5.95. The summed E-state index contributed by atoms with van der Waals surface area (Å²) >= 11 is 0. The number of hydrogen-bond donors (Lipinski definition) is 2. The summed E-state index contributed by atoms with van der Waals surface area (Å²) in [7, 11) is 1.29. The molecule has 0 radical (unpaired) electrons. The lowest BCUT2D eigenvalue weighted by molar-refractivity contribution is -0.143. The topological polar surface area (TPSA) is 93.5 Å². The number of piperidine rings is 1. The second-order valence-electron chi connectivity index (χ2n) is 5.94. The number of ether oxygens (including phenoxy) is 1. The molecule has 1 aliphatic heterocycles. The Kier molecular flexibility index (Phi) is 5.45. The first-order valence-electron chi connectivity index (χ1n) is 8.29. The molecule has 7 heteroatoms. The predicted molar refractivity (Wildman–Crippen MR) is 90.0 cm³/mol. The van der Waals surface area contributed by atoms with E-state index in [9.17, 15) is 9.59 Å². The van der Waals surface area contributed by atoms with E-state index < -0.39 is 17.9 Å². The number of rotatable bonds is 5. The molecule has 1 unspecified atom stereocenters. The van der Waals surface area contributed by atoms with Gasteiger partial charge in [0.25, 0.3) is 5.91 Å². The van der Waals surface area contributed by atoms with Gasteiger partial charge in [-0.05, 0) is 31.5 Å². The molecular formula is C18H21N3O4. The van der Waals surface area contributed by atoms with E-state index in [0.717, 1.165) is 25.9 Å². The minimum Gasteiger partial charge on any atom is -0.467 e. The lowest BCUT2D eigenvalue weighted by Gasteiger charge is -2.19. The molecule has 3 rings (SSSR count). The quantitative estimate of drug-likeness (QED) is 0.804. The van der Waals surface area contributed by atoms with Gasteiger partial charge in [-0.25, -0.2) is 9.78 Å². The maximum Gasteiger partial charge on any atom is 0.333 e. The van der Waals surface area contributed by atoms with Gasteiger partial charge < -0.3 is 19.8 Å². The standard InChI is InChI=1S/C18H21N3O4/c1-24-18(23)15(12-5-3-2-4-6-12)21-16(22)14-11-25-17(20-14)13-7-9-19-10-8-13/h2-6,11,13,15,19H,7-10H2,1H3,(H,21,22). The summed E-state index contributed by atoms with van der Waals surface area (Å²) in [5.41, 5.74) is 0.808. The molecule has 0 aliphatic carbocycles. The van der Waals surface area contributed by atoms with Gasteiger partial charge in [0, 0.05) is 5.92 Å². The Balaban J connectivity index is 1.73. The Labute approximate surface area is 145 Å². The number of amides is 1. The first-order chi connectivity index (χ1) is 12.2. The van der Waals surface area contributed by atoms with Crippen molar-refractivity contribution in [2.45, 2.75) is 24.8 Å². The summed E-state index contributed by atoms with van der Waals surface area (Å²) in [6.07, 6.45) is 3.19. The minimum atomic E-state index is -0.891. The molecule has 0 spiro atoms. The van der Waals surface area contributed by atoms with Crippen molar-refractivity contribution >= 4 is 11.9 Å². The van der Waals surface area contributed by atoms with Crippen LogP contribution < -0.4 is 10.6 Å². The lowest BCUT2D eigenvalue weighted by atomic mass is 9.98. The van der Waals surface area contributed by atoms with Crippen LogP contribution in [-0.4, -0.2) is 37.1 Å². The fourth-order valence-corrected chi connectivity index (χ4v) is 2.90. The first kappa shape index (κ1) is 17.2. The maximum absolute atomic E-state index is 12.5. The van der Waals surface area contributed by atoms with Crippen molar-refractivity contribution in [3.05, 3.63) is 53.7 Å². The summed E-state index contributed by atoms with van der Waals surface area (Å²) < 4.78 is 10.3. The van der Waals surface area contributed by atoms with Crippen molar-refractivity contribution in [3.63, 3.8) is 0 Å². The second kappa shape index (κ2) is 7.94. The zero-order valence-electron chi connectivity index (χ0n) is 14.0. The van der Waals surface area contributed by atoms with E-state index in [1.165, 1.54) is 13.4 Å². The fourth-order valence-electron chi connectivity index (χ4n) is 2.90. The number of carbonyl (C=O) groups is 2. The van der Waals surface area contributed by atoms with Crippen LogP contribution in [0.3, 0.4) is 0 Å². The van der Waals surface area contributed by atoms with Crippen molar-refractivity contribution in [1.29, 1.82) is 0 Å². The number of nitrogens with one attached hydrogen (secondary N) is 2. The summed E-state index contributed by atoms with van der Waals surface area (Å²) in [5.74, 6) is -0.223. The number of aromatic nitrogens is 1. The number of methoxy groups -OCH3 is 1. The zero-order valence-corrected chi connectivity index (χ0v) is 14.0. The van der Waals surface area contributed by atoms with Crippen LogP contribution in [0.4, 0.5) is 0 Å². The smallest absolute Gasteiger partial charge is 0.333 e. The van der Waals surface area contributed by atoms with Crippen molar-refractivity contribution in [2.75, 3.05) is 20.2 Å². The Morgan fingerprint density at radius 1 is 1.28 bits per heavy atom. The van der Waals surface area contributed by atoms with Crippen LogP contribution in [0.2, 0.25) is 0 Å². The molecule has 1 saturated heterocycles. The van der Waals surface area contributed by atoms with Gasteiger partial charge in [0.05, 0.1) is 7.11 Å². The summed E-state index contributed by atoms with van der Waals surface area (Å²) in [6.45, 7) is 1.82. The highest BCUT2D eigenvalue weighted by Gasteiger charge is 2.27. The Morgan fingerprint density at radius 2 is 2.00 bits per heavy atom. The highest BCUT2D eigenvalue weighted by Crippen LogP contribution is 2.24. The molecule has 2 aromatic rings. The lowest BCUT2D eigenvalue weighted by Crippen LogP contribution is -2.34. The van der Waals surface area contributed by atoms with Crippen molar-refractivity contribution in [3.8, 4) is 0 Å². The van der Waals surface area contributed by atoms with Gasteiger partial charge in [0.2, 0.25) is 0 Å².